The molecule has 0 saturated carbocycles. The van der Waals surface area contributed by atoms with Gasteiger partial charge in [0, 0.05) is 17.1 Å². The Morgan fingerprint density at radius 1 is 1.15 bits per heavy atom. The highest BCUT2D eigenvalue weighted by atomic mass is 35.5. The van der Waals surface area contributed by atoms with Crippen LogP contribution in [0.3, 0.4) is 0 Å². The first-order valence-corrected chi connectivity index (χ1v) is 9.06. The first-order valence-electron chi connectivity index (χ1n) is 8.31. The Bertz CT molecular complexity index is 936. The molecule has 0 bridgehead atoms. The van der Waals surface area contributed by atoms with Gasteiger partial charge in [0.05, 0.1) is 18.2 Å². The van der Waals surface area contributed by atoms with Gasteiger partial charge in [-0.3, -0.25) is 9.59 Å². The minimum atomic E-state index is -0.548. The number of rotatable bonds is 4. The fraction of sp³-hybridized carbons (Fsp3) is 0.200. The molecule has 0 unspecified atom stereocenters. The van der Waals surface area contributed by atoms with Crippen LogP contribution in [-0.2, 0) is 9.59 Å². The Kier molecular flexibility index (Phi) is 5.44. The highest BCUT2D eigenvalue weighted by molar-refractivity contribution is 6.35. The van der Waals surface area contributed by atoms with Crippen molar-refractivity contribution in [3.05, 3.63) is 69.4 Å². The molecule has 0 aliphatic carbocycles. The zero-order chi connectivity index (χ0) is 19.7. The Morgan fingerprint density at radius 2 is 1.81 bits per heavy atom. The molecular formula is C20H18Cl2N2O3. The third-order valence-corrected chi connectivity index (χ3v) is 4.87. The number of halogens is 2. The van der Waals surface area contributed by atoms with Crippen molar-refractivity contribution in [3.8, 4) is 11.1 Å². The van der Waals surface area contributed by atoms with Gasteiger partial charge in [0.2, 0.25) is 0 Å². The van der Waals surface area contributed by atoms with Crippen LogP contribution in [0.15, 0.2) is 53.8 Å². The van der Waals surface area contributed by atoms with Crippen LogP contribution >= 0.6 is 23.2 Å². The first kappa shape index (κ1) is 19.3. The second-order valence-electron chi connectivity index (χ2n) is 6.47. The lowest BCUT2D eigenvalue weighted by Crippen LogP contribution is -2.30. The molecule has 1 heterocycles. The molecule has 0 radical (unpaired) electrons. The number of likely N-dealkylation sites (N-methyl/N-ethyl adjacent to an activating group) is 1. The smallest absolute Gasteiger partial charge is 0.289 e. The zero-order valence-corrected chi connectivity index (χ0v) is 16.3. The van der Waals surface area contributed by atoms with Crippen molar-refractivity contribution >= 4 is 35.0 Å². The average Bonchev–Trinajstić information content (AvgIpc) is 2.88. The maximum Gasteiger partial charge on any atom is 0.289 e. The number of benzene rings is 2. The monoisotopic (exact) mass is 404 g/mol. The highest BCUT2D eigenvalue weighted by Gasteiger charge is 2.32. The number of aliphatic hydroxyl groups is 1. The molecule has 2 amide bonds. The molecule has 140 valence electrons. The predicted molar refractivity (Wildman–Crippen MR) is 106 cm³/mol. The standard InChI is InChI=1S/C20H18Cl2N2O3/c1-11(23-19(26)17-10-24(2)20(27)18(17)25)12-4-3-5-13(6-12)14-7-15(21)9-16(22)8-14/h3-9,11,25H,10H2,1-2H3,(H,23,26)/t11-/m1/s1. The molecule has 2 N–H and O–H groups in total. The summed E-state index contributed by atoms with van der Waals surface area (Å²) in [4.78, 5) is 25.4. The van der Waals surface area contributed by atoms with Gasteiger partial charge in [-0.05, 0) is 47.9 Å². The summed E-state index contributed by atoms with van der Waals surface area (Å²) in [6, 6.07) is 12.6. The van der Waals surface area contributed by atoms with E-state index in [0.717, 1.165) is 16.7 Å². The number of hydrogen-bond acceptors (Lipinski definition) is 3. The summed E-state index contributed by atoms with van der Waals surface area (Å²) in [5.74, 6) is -1.51. The SMILES string of the molecule is C[C@@H](NC(=O)C1=C(O)C(=O)N(C)C1)c1cccc(-c2cc(Cl)cc(Cl)c2)c1. The summed E-state index contributed by atoms with van der Waals surface area (Å²) in [5.41, 5.74) is 2.73. The van der Waals surface area contributed by atoms with Crippen LogP contribution < -0.4 is 5.32 Å². The Balaban J connectivity index is 1.81. The molecule has 0 aromatic heterocycles. The zero-order valence-electron chi connectivity index (χ0n) is 14.8. The number of aliphatic hydroxyl groups excluding tert-OH is 1. The second-order valence-corrected chi connectivity index (χ2v) is 7.34. The third-order valence-electron chi connectivity index (χ3n) is 4.43. The fourth-order valence-corrected chi connectivity index (χ4v) is 3.47. The van der Waals surface area contributed by atoms with Gasteiger partial charge in [-0.2, -0.15) is 0 Å². The van der Waals surface area contributed by atoms with Crippen molar-refractivity contribution in [1.29, 1.82) is 0 Å². The maximum absolute atomic E-state index is 12.4. The van der Waals surface area contributed by atoms with E-state index in [9.17, 15) is 14.7 Å². The summed E-state index contributed by atoms with van der Waals surface area (Å²) in [5, 5.41) is 13.7. The molecule has 27 heavy (non-hydrogen) atoms. The molecule has 2 aromatic carbocycles. The van der Waals surface area contributed by atoms with Crippen LogP contribution in [0.4, 0.5) is 0 Å². The maximum atomic E-state index is 12.4. The summed E-state index contributed by atoms with van der Waals surface area (Å²) in [6.07, 6.45) is 0. The summed E-state index contributed by atoms with van der Waals surface area (Å²) < 4.78 is 0. The van der Waals surface area contributed by atoms with E-state index >= 15 is 0 Å². The van der Waals surface area contributed by atoms with Crippen molar-refractivity contribution in [2.24, 2.45) is 0 Å². The molecule has 7 heteroatoms. The van der Waals surface area contributed by atoms with Gasteiger partial charge >= 0.3 is 0 Å². The Labute approximate surface area is 167 Å². The number of amides is 2. The number of hydrogen-bond donors (Lipinski definition) is 2. The summed E-state index contributed by atoms with van der Waals surface area (Å²) in [7, 11) is 1.53. The van der Waals surface area contributed by atoms with Crippen LogP contribution in [0.1, 0.15) is 18.5 Å². The van der Waals surface area contributed by atoms with E-state index in [-0.39, 0.29) is 18.2 Å². The molecule has 3 rings (SSSR count). The number of carbonyl (C=O) groups excluding carboxylic acids is 2. The molecule has 2 aromatic rings. The van der Waals surface area contributed by atoms with Crippen molar-refractivity contribution in [2.75, 3.05) is 13.6 Å². The second kappa shape index (κ2) is 7.62. The van der Waals surface area contributed by atoms with Crippen LogP contribution in [0.2, 0.25) is 10.0 Å². The minimum Gasteiger partial charge on any atom is -0.503 e. The van der Waals surface area contributed by atoms with E-state index in [4.69, 9.17) is 23.2 Å². The van der Waals surface area contributed by atoms with E-state index in [1.165, 1.54) is 11.9 Å². The average molecular weight is 405 g/mol. The van der Waals surface area contributed by atoms with E-state index in [1.54, 1.807) is 6.07 Å². The predicted octanol–water partition coefficient (Wildman–Crippen LogP) is 4.12. The van der Waals surface area contributed by atoms with E-state index in [0.29, 0.717) is 10.0 Å². The lowest BCUT2D eigenvalue weighted by molar-refractivity contribution is -0.126. The van der Waals surface area contributed by atoms with Gasteiger partial charge in [-0.15, -0.1) is 0 Å². The molecule has 1 aliphatic heterocycles. The molecule has 0 saturated heterocycles. The normalized spacial score (nSPS) is 15.3. The molecule has 0 fully saturated rings. The quantitative estimate of drug-likeness (QED) is 0.804. The lowest BCUT2D eigenvalue weighted by atomic mass is 10.00. The van der Waals surface area contributed by atoms with Crippen molar-refractivity contribution in [2.45, 2.75) is 13.0 Å². The van der Waals surface area contributed by atoms with Crippen LogP contribution in [0.5, 0.6) is 0 Å². The van der Waals surface area contributed by atoms with Gasteiger partial charge in [0.25, 0.3) is 11.8 Å². The number of nitrogens with one attached hydrogen (secondary N) is 1. The van der Waals surface area contributed by atoms with E-state index < -0.39 is 17.6 Å². The Morgan fingerprint density at radius 3 is 2.41 bits per heavy atom. The van der Waals surface area contributed by atoms with Crippen LogP contribution in [-0.4, -0.2) is 35.4 Å². The topological polar surface area (TPSA) is 69.6 Å². The minimum absolute atomic E-state index is 0.0760. The molecular weight excluding hydrogens is 387 g/mol. The summed E-state index contributed by atoms with van der Waals surface area (Å²) in [6.45, 7) is 1.92. The molecule has 1 aliphatic rings. The van der Waals surface area contributed by atoms with Gasteiger partial charge in [0.1, 0.15) is 0 Å². The van der Waals surface area contributed by atoms with Crippen molar-refractivity contribution in [3.63, 3.8) is 0 Å². The van der Waals surface area contributed by atoms with Gasteiger partial charge < -0.3 is 15.3 Å². The molecule has 0 spiro atoms. The first-order chi connectivity index (χ1) is 12.8. The highest BCUT2D eigenvalue weighted by Crippen LogP contribution is 2.29. The fourth-order valence-electron chi connectivity index (χ4n) is 2.95. The van der Waals surface area contributed by atoms with Gasteiger partial charge in [0.15, 0.2) is 5.76 Å². The van der Waals surface area contributed by atoms with Crippen LogP contribution in [0.25, 0.3) is 11.1 Å². The molecule has 5 nitrogen and oxygen atoms in total. The van der Waals surface area contributed by atoms with Crippen LogP contribution in [0, 0.1) is 0 Å². The van der Waals surface area contributed by atoms with E-state index in [1.807, 2.05) is 43.3 Å². The largest absolute Gasteiger partial charge is 0.503 e. The van der Waals surface area contributed by atoms with Gasteiger partial charge in [-0.1, -0.05) is 41.4 Å². The van der Waals surface area contributed by atoms with Gasteiger partial charge in [-0.25, -0.2) is 0 Å². The van der Waals surface area contributed by atoms with E-state index in [2.05, 4.69) is 5.32 Å². The number of carbonyl (C=O) groups is 2. The Hall–Kier alpha value is -2.50. The van der Waals surface area contributed by atoms with Crippen molar-refractivity contribution < 1.29 is 14.7 Å². The number of nitrogens with zero attached hydrogens (tertiary/aromatic N) is 1. The lowest BCUT2D eigenvalue weighted by Gasteiger charge is -2.16. The van der Waals surface area contributed by atoms with Crippen molar-refractivity contribution in [1.82, 2.24) is 10.2 Å². The molecule has 1 atom stereocenters. The summed E-state index contributed by atoms with van der Waals surface area (Å²) >= 11 is 12.2. The third kappa shape index (κ3) is 4.10.